The number of hydrogen-bond donors (Lipinski definition) is 0. The highest BCUT2D eigenvalue weighted by Crippen LogP contribution is 2.33. The Hall–Kier alpha value is -2.23. The normalized spacial score (nSPS) is 11.2. The highest BCUT2D eigenvalue weighted by molar-refractivity contribution is 5.87. The van der Waals surface area contributed by atoms with E-state index < -0.39 is 11.4 Å². The van der Waals surface area contributed by atoms with Gasteiger partial charge < -0.3 is 4.74 Å². The second-order valence-corrected chi connectivity index (χ2v) is 4.86. The Morgan fingerprint density at radius 2 is 1.33 bits per heavy atom. The van der Waals surface area contributed by atoms with Crippen molar-refractivity contribution in [3.63, 3.8) is 0 Å². The number of halogens is 2. The number of carbonyl (C=O) groups is 1. The summed E-state index contributed by atoms with van der Waals surface area (Å²) in [6.07, 6.45) is 0. The Bertz CT molecular complexity index is 573. The number of hydrogen-bond acceptors (Lipinski definition) is 2. The molecule has 0 atom stereocenters. The topological polar surface area (TPSA) is 26.3 Å². The molecule has 0 fully saturated rings. The van der Waals surface area contributed by atoms with Crippen molar-refractivity contribution in [1.82, 2.24) is 0 Å². The van der Waals surface area contributed by atoms with E-state index in [1.54, 1.807) is 13.8 Å². The van der Waals surface area contributed by atoms with Crippen molar-refractivity contribution in [1.29, 1.82) is 0 Å². The van der Waals surface area contributed by atoms with Gasteiger partial charge in [0.05, 0.1) is 6.61 Å². The van der Waals surface area contributed by atoms with Crippen molar-refractivity contribution in [2.45, 2.75) is 19.3 Å². The molecule has 21 heavy (non-hydrogen) atoms. The Morgan fingerprint density at radius 3 is 1.67 bits per heavy atom. The Kier molecular flexibility index (Phi) is 4.36. The number of rotatable bonds is 4. The van der Waals surface area contributed by atoms with Gasteiger partial charge in [-0.25, -0.2) is 8.78 Å². The van der Waals surface area contributed by atoms with E-state index >= 15 is 0 Å². The SMILES string of the molecule is CCOC(=O)C(C)(c1ccc(F)cc1)c1ccc(F)cc1. The third kappa shape index (κ3) is 2.94. The smallest absolute Gasteiger partial charge is 0.320 e. The van der Waals surface area contributed by atoms with E-state index in [9.17, 15) is 13.6 Å². The third-order valence-corrected chi connectivity index (χ3v) is 3.53. The highest BCUT2D eigenvalue weighted by Gasteiger charge is 2.38. The summed E-state index contributed by atoms with van der Waals surface area (Å²) in [5.74, 6) is -1.23. The molecule has 0 spiro atoms. The monoisotopic (exact) mass is 290 g/mol. The van der Waals surface area contributed by atoms with E-state index in [1.165, 1.54) is 48.5 Å². The van der Waals surface area contributed by atoms with Crippen LogP contribution in [-0.2, 0) is 14.9 Å². The third-order valence-electron chi connectivity index (χ3n) is 3.53. The lowest BCUT2D eigenvalue weighted by molar-refractivity contribution is -0.147. The molecule has 2 aromatic rings. The van der Waals surface area contributed by atoms with Gasteiger partial charge in [0.15, 0.2) is 0 Å². The minimum atomic E-state index is -1.11. The van der Waals surface area contributed by atoms with Gasteiger partial charge in [-0.15, -0.1) is 0 Å². The van der Waals surface area contributed by atoms with Crippen LogP contribution in [0.2, 0.25) is 0 Å². The van der Waals surface area contributed by atoms with Gasteiger partial charge in [0.1, 0.15) is 17.0 Å². The van der Waals surface area contributed by atoms with Crippen LogP contribution in [0.25, 0.3) is 0 Å². The fourth-order valence-electron chi connectivity index (χ4n) is 2.24. The van der Waals surface area contributed by atoms with E-state index in [0.29, 0.717) is 11.1 Å². The summed E-state index contributed by atoms with van der Waals surface area (Å²) in [4.78, 5) is 12.4. The highest BCUT2D eigenvalue weighted by atomic mass is 19.1. The molecule has 2 nitrogen and oxygen atoms in total. The van der Waals surface area contributed by atoms with Crippen molar-refractivity contribution in [3.8, 4) is 0 Å². The zero-order valence-electron chi connectivity index (χ0n) is 11.9. The molecular weight excluding hydrogens is 274 g/mol. The predicted molar refractivity (Wildman–Crippen MR) is 75.9 cm³/mol. The first-order chi connectivity index (χ1) is 9.98. The molecule has 4 heteroatoms. The van der Waals surface area contributed by atoms with Gasteiger partial charge >= 0.3 is 5.97 Å². The van der Waals surface area contributed by atoms with E-state index in [1.807, 2.05) is 0 Å². The summed E-state index contributed by atoms with van der Waals surface area (Å²) in [7, 11) is 0. The van der Waals surface area contributed by atoms with Gasteiger partial charge in [0.2, 0.25) is 0 Å². The van der Waals surface area contributed by atoms with Gasteiger partial charge in [-0.2, -0.15) is 0 Å². The van der Waals surface area contributed by atoms with Crippen LogP contribution in [0.4, 0.5) is 8.78 Å². The van der Waals surface area contributed by atoms with Crippen molar-refractivity contribution in [2.75, 3.05) is 6.61 Å². The lowest BCUT2D eigenvalue weighted by Gasteiger charge is -2.28. The molecule has 0 N–H and O–H groups in total. The molecule has 0 amide bonds. The van der Waals surface area contributed by atoms with Crippen LogP contribution in [0.1, 0.15) is 25.0 Å². The molecule has 0 unspecified atom stereocenters. The lowest BCUT2D eigenvalue weighted by Crippen LogP contribution is -2.35. The zero-order chi connectivity index (χ0) is 15.5. The standard InChI is InChI=1S/C17H16F2O2/c1-3-21-16(20)17(2,12-4-8-14(18)9-5-12)13-6-10-15(19)11-7-13/h4-11H,3H2,1-2H3. The minimum Gasteiger partial charge on any atom is -0.465 e. The maximum absolute atomic E-state index is 13.1. The minimum absolute atomic E-state index is 0.233. The molecule has 0 saturated carbocycles. The molecule has 110 valence electrons. The Balaban J connectivity index is 2.55. The molecule has 0 heterocycles. The largest absolute Gasteiger partial charge is 0.465 e. The second-order valence-electron chi connectivity index (χ2n) is 4.86. The quantitative estimate of drug-likeness (QED) is 0.800. The van der Waals surface area contributed by atoms with Crippen LogP contribution in [0.15, 0.2) is 48.5 Å². The molecule has 0 bridgehead atoms. The van der Waals surface area contributed by atoms with Crippen molar-refractivity contribution >= 4 is 5.97 Å². The van der Waals surface area contributed by atoms with Crippen LogP contribution in [0, 0.1) is 11.6 Å². The van der Waals surface area contributed by atoms with E-state index in [4.69, 9.17) is 4.74 Å². The van der Waals surface area contributed by atoms with Gasteiger partial charge in [0, 0.05) is 0 Å². The second kappa shape index (κ2) is 6.04. The Morgan fingerprint density at radius 1 is 0.952 bits per heavy atom. The molecule has 0 aliphatic rings. The summed E-state index contributed by atoms with van der Waals surface area (Å²) < 4.78 is 31.4. The van der Waals surface area contributed by atoms with Crippen molar-refractivity contribution < 1.29 is 18.3 Å². The van der Waals surface area contributed by atoms with Gasteiger partial charge in [0.25, 0.3) is 0 Å². The summed E-state index contributed by atoms with van der Waals surface area (Å²) in [5.41, 5.74) is 0.0696. The predicted octanol–water partition coefficient (Wildman–Crippen LogP) is 3.83. The number of ether oxygens (including phenoxy) is 1. The molecule has 2 rings (SSSR count). The van der Waals surface area contributed by atoms with E-state index in [-0.39, 0.29) is 18.2 Å². The molecule has 0 aliphatic carbocycles. The summed E-state index contributed by atoms with van der Waals surface area (Å²) in [5, 5.41) is 0. The number of esters is 1. The van der Waals surface area contributed by atoms with Crippen molar-refractivity contribution in [3.05, 3.63) is 71.3 Å². The summed E-state index contributed by atoms with van der Waals surface area (Å²) in [6, 6.07) is 11.3. The fraction of sp³-hybridized carbons (Fsp3) is 0.235. The number of carbonyl (C=O) groups excluding carboxylic acids is 1. The first-order valence-electron chi connectivity index (χ1n) is 6.67. The number of benzene rings is 2. The van der Waals surface area contributed by atoms with E-state index in [0.717, 1.165) is 0 Å². The van der Waals surface area contributed by atoms with Gasteiger partial charge in [-0.3, -0.25) is 4.79 Å². The molecule has 2 aromatic carbocycles. The van der Waals surface area contributed by atoms with Gasteiger partial charge in [-0.1, -0.05) is 24.3 Å². The van der Waals surface area contributed by atoms with Crippen LogP contribution in [-0.4, -0.2) is 12.6 Å². The van der Waals surface area contributed by atoms with Crippen LogP contribution >= 0.6 is 0 Å². The maximum Gasteiger partial charge on any atom is 0.320 e. The molecular formula is C17H16F2O2. The van der Waals surface area contributed by atoms with Gasteiger partial charge in [-0.05, 0) is 49.2 Å². The van der Waals surface area contributed by atoms with Crippen LogP contribution in [0.3, 0.4) is 0 Å². The molecule has 0 aliphatic heterocycles. The zero-order valence-corrected chi connectivity index (χ0v) is 11.9. The first kappa shape index (κ1) is 15.2. The molecule has 0 aromatic heterocycles. The average Bonchev–Trinajstić information content (AvgIpc) is 2.48. The Labute approximate surface area is 122 Å². The summed E-state index contributed by atoms with van der Waals surface area (Å²) in [6.45, 7) is 3.63. The molecule has 0 saturated heterocycles. The maximum atomic E-state index is 13.1. The van der Waals surface area contributed by atoms with E-state index in [2.05, 4.69) is 0 Å². The van der Waals surface area contributed by atoms with Crippen molar-refractivity contribution in [2.24, 2.45) is 0 Å². The first-order valence-corrected chi connectivity index (χ1v) is 6.67. The summed E-state index contributed by atoms with van der Waals surface area (Å²) >= 11 is 0. The average molecular weight is 290 g/mol. The lowest BCUT2D eigenvalue weighted by atomic mass is 9.76. The molecule has 0 radical (unpaired) electrons. The van der Waals surface area contributed by atoms with Crippen LogP contribution < -0.4 is 0 Å². The van der Waals surface area contributed by atoms with Crippen LogP contribution in [0.5, 0.6) is 0 Å². The fourth-order valence-corrected chi connectivity index (χ4v) is 2.24.